The van der Waals surface area contributed by atoms with Gasteiger partial charge in [0, 0.05) is 0 Å². The number of amides is 1. The Kier molecular flexibility index (Phi) is 5.20. The summed E-state index contributed by atoms with van der Waals surface area (Å²) >= 11 is 7.26. The first kappa shape index (κ1) is 14.6. The SMILES string of the molecule is NC(=O)CCOc1ccccc1NCc1ncc(Cl)s1. The van der Waals surface area contributed by atoms with Crippen LogP contribution in [-0.2, 0) is 11.3 Å². The van der Waals surface area contributed by atoms with Gasteiger partial charge in [-0.3, -0.25) is 4.79 Å². The molecule has 0 radical (unpaired) electrons. The first-order chi connectivity index (χ1) is 9.65. The smallest absolute Gasteiger partial charge is 0.220 e. The second-order valence-corrected chi connectivity index (χ2v) is 5.72. The molecule has 1 aromatic heterocycles. The van der Waals surface area contributed by atoms with Gasteiger partial charge in [0.1, 0.15) is 15.1 Å². The Morgan fingerprint density at radius 3 is 2.95 bits per heavy atom. The second-order valence-electron chi connectivity index (χ2n) is 3.97. The average Bonchev–Trinajstić information content (AvgIpc) is 2.83. The van der Waals surface area contributed by atoms with Crippen LogP contribution in [0, 0.1) is 0 Å². The molecule has 0 atom stereocenters. The molecule has 0 saturated carbocycles. The zero-order valence-corrected chi connectivity index (χ0v) is 12.2. The zero-order chi connectivity index (χ0) is 14.4. The third kappa shape index (κ3) is 4.40. The molecule has 106 valence electrons. The average molecular weight is 312 g/mol. The van der Waals surface area contributed by atoms with Crippen LogP contribution in [0.3, 0.4) is 0 Å². The molecule has 0 fully saturated rings. The Labute approximate surface area is 125 Å². The van der Waals surface area contributed by atoms with Crippen molar-refractivity contribution in [1.82, 2.24) is 4.98 Å². The number of nitrogens with zero attached hydrogens (tertiary/aromatic N) is 1. The van der Waals surface area contributed by atoms with Gasteiger partial charge in [0.25, 0.3) is 0 Å². The van der Waals surface area contributed by atoms with Crippen molar-refractivity contribution in [3.05, 3.63) is 39.8 Å². The molecule has 0 saturated heterocycles. The van der Waals surface area contributed by atoms with E-state index in [0.29, 0.717) is 16.6 Å². The molecule has 0 aliphatic heterocycles. The van der Waals surface area contributed by atoms with E-state index in [4.69, 9.17) is 22.1 Å². The summed E-state index contributed by atoms with van der Waals surface area (Å²) in [5, 5.41) is 4.12. The number of hydrogen-bond acceptors (Lipinski definition) is 5. The quantitative estimate of drug-likeness (QED) is 0.824. The van der Waals surface area contributed by atoms with Crippen LogP contribution in [-0.4, -0.2) is 17.5 Å². The fraction of sp³-hybridized carbons (Fsp3) is 0.231. The van der Waals surface area contributed by atoms with Crippen molar-refractivity contribution in [1.29, 1.82) is 0 Å². The number of halogens is 1. The van der Waals surface area contributed by atoms with Crippen molar-refractivity contribution in [3.63, 3.8) is 0 Å². The summed E-state index contributed by atoms with van der Waals surface area (Å²) in [5.74, 6) is 0.296. The van der Waals surface area contributed by atoms with E-state index in [0.717, 1.165) is 10.7 Å². The van der Waals surface area contributed by atoms with Crippen LogP contribution in [0.25, 0.3) is 0 Å². The van der Waals surface area contributed by atoms with E-state index in [1.54, 1.807) is 6.20 Å². The molecular weight excluding hydrogens is 298 g/mol. The Hall–Kier alpha value is -1.79. The predicted octanol–water partition coefficient (Wildman–Crippen LogP) is 2.66. The van der Waals surface area contributed by atoms with Crippen LogP contribution < -0.4 is 15.8 Å². The lowest BCUT2D eigenvalue weighted by Gasteiger charge is -2.11. The van der Waals surface area contributed by atoms with Gasteiger partial charge in [-0.25, -0.2) is 4.98 Å². The lowest BCUT2D eigenvalue weighted by atomic mass is 10.3. The summed E-state index contributed by atoms with van der Waals surface area (Å²) in [7, 11) is 0. The number of nitrogens with one attached hydrogen (secondary N) is 1. The highest BCUT2D eigenvalue weighted by Crippen LogP contribution is 2.25. The number of thiazole rings is 1. The first-order valence-corrected chi connectivity index (χ1v) is 7.19. The van der Waals surface area contributed by atoms with Gasteiger partial charge in [-0.2, -0.15) is 0 Å². The maximum atomic E-state index is 10.7. The first-order valence-electron chi connectivity index (χ1n) is 5.99. The molecule has 2 rings (SSSR count). The molecule has 1 amide bonds. The third-order valence-electron chi connectivity index (χ3n) is 2.45. The van der Waals surface area contributed by atoms with Crippen LogP contribution in [0.1, 0.15) is 11.4 Å². The van der Waals surface area contributed by atoms with Gasteiger partial charge in [-0.15, -0.1) is 11.3 Å². The molecule has 7 heteroatoms. The van der Waals surface area contributed by atoms with Crippen molar-refractivity contribution in [2.24, 2.45) is 5.73 Å². The topological polar surface area (TPSA) is 77.2 Å². The van der Waals surface area contributed by atoms with Crippen LogP contribution in [0.4, 0.5) is 5.69 Å². The summed E-state index contributed by atoms with van der Waals surface area (Å²) in [6.07, 6.45) is 1.81. The second kappa shape index (κ2) is 7.12. The van der Waals surface area contributed by atoms with Crippen LogP contribution in [0.15, 0.2) is 30.5 Å². The molecule has 1 heterocycles. The van der Waals surface area contributed by atoms with Gasteiger partial charge >= 0.3 is 0 Å². The maximum absolute atomic E-state index is 10.7. The van der Waals surface area contributed by atoms with E-state index in [1.807, 2.05) is 24.3 Å². The van der Waals surface area contributed by atoms with E-state index < -0.39 is 0 Å². The molecule has 0 bridgehead atoms. The highest BCUT2D eigenvalue weighted by molar-refractivity contribution is 7.15. The molecule has 3 N–H and O–H groups in total. The number of aromatic nitrogens is 1. The number of primary amides is 1. The molecule has 2 aromatic rings. The number of carbonyl (C=O) groups excluding carboxylic acids is 1. The van der Waals surface area contributed by atoms with Crippen LogP contribution in [0.5, 0.6) is 5.75 Å². The van der Waals surface area contributed by atoms with E-state index in [2.05, 4.69) is 10.3 Å². The number of benzene rings is 1. The normalized spacial score (nSPS) is 10.2. The fourth-order valence-corrected chi connectivity index (χ4v) is 2.44. The van der Waals surface area contributed by atoms with Crippen molar-refractivity contribution in [3.8, 4) is 5.75 Å². The van der Waals surface area contributed by atoms with Crippen LogP contribution >= 0.6 is 22.9 Å². The van der Waals surface area contributed by atoms with Gasteiger partial charge in [0.05, 0.1) is 31.5 Å². The maximum Gasteiger partial charge on any atom is 0.220 e. The Bertz CT molecular complexity index is 589. The van der Waals surface area contributed by atoms with Gasteiger partial charge in [0.15, 0.2) is 0 Å². The predicted molar refractivity (Wildman–Crippen MR) is 80.2 cm³/mol. The van der Waals surface area contributed by atoms with E-state index in [9.17, 15) is 4.79 Å². The fourth-order valence-electron chi connectivity index (χ4n) is 1.54. The lowest BCUT2D eigenvalue weighted by Crippen LogP contribution is -2.15. The molecule has 0 aliphatic carbocycles. The van der Waals surface area contributed by atoms with Crippen LogP contribution in [0.2, 0.25) is 4.34 Å². The number of anilines is 1. The summed E-state index contributed by atoms with van der Waals surface area (Å²) in [4.78, 5) is 14.9. The molecule has 0 unspecified atom stereocenters. The molecule has 1 aromatic carbocycles. The highest BCUT2D eigenvalue weighted by Gasteiger charge is 2.05. The van der Waals surface area contributed by atoms with E-state index >= 15 is 0 Å². The minimum absolute atomic E-state index is 0.191. The number of carbonyl (C=O) groups is 1. The largest absolute Gasteiger partial charge is 0.491 e. The van der Waals surface area contributed by atoms with Crippen molar-refractivity contribution in [2.75, 3.05) is 11.9 Å². The van der Waals surface area contributed by atoms with Gasteiger partial charge < -0.3 is 15.8 Å². The summed E-state index contributed by atoms with van der Waals surface area (Å²) in [6.45, 7) is 0.824. The Balaban J connectivity index is 1.94. The number of nitrogens with two attached hydrogens (primary N) is 1. The third-order valence-corrected chi connectivity index (χ3v) is 3.56. The summed E-state index contributed by atoms with van der Waals surface area (Å²) < 4.78 is 6.20. The number of rotatable bonds is 7. The Morgan fingerprint density at radius 1 is 1.45 bits per heavy atom. The number of para-hydroxylation sites is 2. The standard InChI is InChI=1S/C13H14ClN3O2S/c14-11-7-17-13(20-11)8-16-9-3-1-2-4-10(9)19-6-5-12(15)18/h1-4,7,16H,5-6,8H2,(H2,15,18). The number of ether oxygens (including phenoxy) is 1. The molecule has 0 spiro atoms. The van der Waals surface area contributed by atoms with Gasteiger partial charge in [-0.05, 0) is 12.1 Å². The molecule has 5 nitrogen and oxygen atoms in total. The molecule has 20 heavy (non-hydrogen) atoms. The molecular formula is C13H14ClN3O2S. The van der Waals surface area contributed by atoms with Crippen molar-refractivity contribution >= 4 is 34.5 Å². The van der Waals surface area contributed by atoms with Gasteiger partial charge in [-0.1, -0.05) is 23.7 Å². The minimum atomic E-state index is -0.382. The number of hydrogen-bond donors (Lipinski definition) is 2. The monoisotopic (exact) mass is 311 g/mol. The lowest BCUT2D eigenvalue weighted by molar-refractivity contribution is -0.118. The summed E-state index contributed by atoms with van der Waals surface area (Å²) in [5.41, 5.74) is 5.91. The van der Waals surface area contributed by atoms with Gasteiger partial charge in [0.2, 0.25) is 5.91 Å². The van der Waals surface area contributed by atoms with E-state index in [1.165, 1.54) is 11.3 Å². The summed E-state index contributed by atoms with van der Waals surface area (Å²) in [6, 6.07) is 7.50. The van der Waals surface area contributed by atoms with E-state index in [-0.39, 0.29) is 18.9 Å². The zero-order valence-electron chi connectivity index (χ0n) is 10.6. The Morgan fingerprint density at radius 2 is 2.25 bits per heavy atom. The minimum Gasteiger partial charge on any atom is -0.491 e. The van der Waals surface area contributed by atoms with Crippen molar-refractivity contribution < 1.29 is 9.53 Å². The molecule has 0 aliphatic rings. The highest BCUT2D eigenvalue weighted by atomic mass is 35.5. The van der Waals surface area contributed by atoms with Crippen molar-refractivity contribution in [2.45, 2.75) is 13.0 Å².